The average molecular weight is 1100 g/mol. The number of carbonyl (C=O) groups excluding carboxylic acids is 6. The standard InChI is InChI=1S/C62H103NO15/c1-12-14-16-18-20-22-24-26-28-30-32-34-39-43-51(74-57(67)49-41-37-36-38-42-49)50(63-53(66)44-40-35-33-31-29-27-25-23-21-19-17-15-13-2)45-71-62(11)56(73-48(4)65)55(72-47(3)64)54(75-59(69)78-61(8,9)10)52(76-62)46-70-58(68)77-60(5,6)7/h36-39,41-43,50-52,54-56H,12-35,40,44-46H2,1-11H3,(H,63,66)/b43-39+/t50-,51+,52+,54-,55-,56+,62-/m0/s1. The highest BCUT2D eigenvalue weighted by Crippen LogP contribution is 2.38. The number of ether oxygens (including phenoxy) is 9. The minimum Gasteiger partial charge on any atom is -0.454 e. The Labute approximate surface area is 469 Å². The lowest BCUT2D eigenvalue weighted by Crippen LogP contribution is -2.68. The van der Waals surface area contributed by atoms with E-state index in [9.17, 15) is 28.8 Å². The van der Waals surface area contributed by atoms with Crippen LogP contribution in [0.1, 0.15) is 253 Å². The third kappa shape index (κ3) is 31.8. The zero-order valence-electron chi connectivity index (χ0n) is 49.9. The Hall–Kier alpha value is -4.70. The van der Waals surface area contributed by atoms with Crippen LogP contribution in [-0.4, -0.2) is 103 Å². The fraction of sp³-hybridized carbons (Fsp3) is 0.774. The fourth-order valence-electron chi connectivity index (χ4n) is 9.23. The second kappa shape index (κ2) is 38.8. The number of amides is 1. The summed E-state index contributed by atoms with van der Waals surface area (Å²) in [7, 11) is 0. The summed E-state index contributed by atoms with van der Waals surface area (Å²) >= 11 is 0. The van der Waals surface area contributed by atoms with E-state index in [0.717, 1.165) is 58.8 Å². The molecule has 16 heteroatoms. The molecule has 78 heavy (non-hydrogen) atoms. The summed E-state index contributed by atoms with van der Waals surface area (Å²) in [5, 5.41) is 3.09. The van der Waals surface area contributed by atoms with E-state index in [2.05, 4.69) is 19.2 Å². The zero-order chi connectivity index (χ0) is 57.8. The van der Waals surface area contributed by atoms with Crippen LogP contribution in [0.25, 0.3) is 0 Å². The molecule has 1 aliphatic heterocycles. The highest BCUT2D eigenvalue weighted by Gasteiger charge is 2.59. The van der Waals surface area contributed by atoms with Crippen molar-refractivity contribution in [2.45, 2.75) is 297 Å². The Morgan fingerprint density at radius 2 is 1.09 bits per heavy atom. The molecule has 1 aromatic carbocycles. The summed E-state index contributed by atoms with van der Waals surface area (Å²) in [6.45, 7) is 16.9. The van der Waals surface area contributed by atoms with Crippen LogP contribution < -0.4 is 5.32 Å². The monoisotopic (exact) mass is 1100 g/mol. The zero-order valence-corrected chi connectivity index (χ0v) is 49.9. The summed E-state index contributed by atoms with van der Waals surface area (Å²) in [4.78, 5) is 80.2. The van der Waals surface area contributed by atoms with Crippen LogP contribution >= 0.6 is 0 Å². The van der Waals surface area contributed by atoms with Crippen molar-refractivity contribution < 1.29 is 71.4 Å². The van der Waals surface area contributed by atoms with E-state index in [1.54, 1.807) is 78.0 Å². The quantitative estimate of drug-likeness (QED) is 0.0282. The molecule has 0 saturated carbocycles. The maximum Gasteiger partial charge on any atom is 0.509 e. The molecule has 7 atom stereocenters. The predicted molar refractivity (Wildman–Crippen MR) is 302 cm³/mol. The Bertz CT molecular complexity index is 1880. The van der Waals surface area contributed by atoms with E-state index in [1.165, 1.54) is 110 Å². The van der Waals surface area contributed by atoms with Gasteiger partial charge in [0, 0.05) is 20.3 Å². The molecule has 446 valence electrons. The Morgan fingerprint density at radius 3 is 1.58 bits per heavy atom. The van der Waals surface area contributed by atoms with Crippen LogP contribution in [0.2, 0.25) is 0 Å². The number of carbonyl (C=O) groups is 6. The number of unbranched alkanes of at least 4 members (excludes halogenated alkanes) is 23. The third-order valence-electron chi connectivity index (χ3n) is 13.2. The molecule has 0 aliphatic carbocycles. The molecule has 1 heterocycles. The van der Waals surface area contributed by atoms with E-state index in [0.29, 0.717) is 18.4 Å². The van der Waals surface area contributed by atoms with Gasteiger partial charge in [0.2, 0.25) is 11.7 Å². The number of hydrogen-bond acceptors (Lipinski definition) is 15. The molecule has 1 aromatic rings. The van der Waals surface area contributed by atoms with E-state index in [1.807, 2.05) is 6.08 Å². The molecule has 1 aliphatic rings. The van der Waals surface area contributed by atoms with Gasteiger partial charge in [0.1, 0.15) is 30.0 Å². The molecule has 0 radical (unpaired) electrons. The highest BCUT2D eigenvalue weighted by atomic mass is 16.8. The Balaban J connectivity index is 2.52. The molecular formula is C62H103NO15. The van der Waals surface area contributed by atoms with Crippen LogP contribution in [0.3, 0.4) is 0 Å². The number of benzene rings is 1. The van der Waals surface area contributed by atoms with Gasteiger partial charge in [-0.25, -0.2) is 14.4 Å². The molecule has 16 nitrogen and oxygen atoms in total. The van der Waals surface area contributed by atoms with E-state index < -0.39 is 97.0 Å². The molecule has 1 fully saturated rings. The van der Waals surface area contributed by atoms with Crippen molar-refractivity contribution >= 4 is 36.1 Å². The van der Waals surface area contributed by atoms with Crippen LogP contribution in [0.15, 0.2) is 42.5 Å². The van der Waals surface area contributed by atoms with Crippen LogP contribution in [0.4, 0.5) is 9.59 Å². The lowest BCUT2D eigenvalue weighted by molar-refractivity contribution is -0.359. The Morgan fingerprint density at radius 1 is 0.615 bits per heavy atom. The minimum atomic E-state index is -2.09. The van der Waals surface area contributed by atoms with E-state index in [-0.39, 0.29) is 12.3 Å². The molecule has 0 spiro atoms. The van der Waals surface area contributed by atoms with Crippen LogP contribution in [0, 0.1) is 0 Å². The first-order valence-corrected chi connectivity index (χ1v) is 29.7. The van der Waals surface area contributed by atoms with Crippen molar-refractivity contribution in [1.82, 2.24) is 5.32 Å². The summed E-state index contributed by atoms with van der Waals surface area (Å²) in [5.74, 6) is -4.71. The third-order valence-corrected chi connectivity index (χ3v) is 13.2. The summed E-state index contributed by atoms with van der Waals surface area (Å²) in [5.41, 5.74) is -1.67. The maximum absolute atomic E-state index is 14.1. The summed E-state index contributed by atoms with van der Waals surface area (Å²) in [6, 6.07) is 7.46. The van der Waals surface area contributed by atoms with Gasteiger partial charge >= 0.3 is 30.2 Å². The van der Waals surface area contributed by atoms with Gasteiger partial charge in [0.15, 0.2) is 18.3 Å². The van der Waals surface area contributed by atoms with E-state index >= 15 is 0 Å². The van der Waals surface area contributed by atoms with E-state index in [4.69, 9.17) is 42.6 Å². The van der Waals surface area contributed by atoms with Crippen molar-refractivity contribution in [3.8, 4) is 0 Å². The number of nitrogens with one attached hydrogen (secondary N) is 1. The van der Waals surface area contributed by atoms with Crippen molar-refractivity contribution in [3.05, 3.63) is 48.0 Å². The minimum absolute atomic E-state index is 0.197. The molecule has 0 unspecified atom stereocenters. The normalized spacial score (nSPS) is 19.3. The number of allylic oxidation sites excluding steroid dienone is 1. The van der Waals surface area contributed by atoms with Gasteiger partial charge in [-0.3, -0.25) is 14.4 Å². The van der Waals surface area contributed by atoms with Crippen molar-refractivity contribution in [1.29, 1.82) is 0 Å². The highest BCUT2D eigenvalue weighted by molar-refractivity contribution is 5.89. The predicted octanol–water partition coefficient (Wildman–Crippen LogP) is 14.7. The maximum atomic E-state index is 14.1. The van der Waals surface area contributed by atoms with Gasteiger partial charge in [-0.1, -0.05) is 179 Å². The first-order valence-electron chi connectivity index (χ1n) is 29.7. The van der Waals surface area contributed by atoms with Crippen molar-refractivity contribution in [2.24, 2.45) is 0 Å². The largest absolute Gasteiger partial charge is 0.509 e. The first kappa shape index (κ1) is 69.4. The van der Waals surface area contributed by atoms with Crippen LogP contribution in [0.5, 0.6) is 0 Å². The lowest BCUT2D eigenvalue weighted by atomic mass is 9.92. The fourth-order valence-corrected chi connectivity index (χ4v) is 9.23. The van der Waals surface area contributed by atoms with Crippen molar-refractivity contribution in [2.75, 3.05) is 13.2 Å². The SMILES string of the molecule is CCCCCCCCCCCCC/C=C/[C@@H](OC(=O)c1ccccc1)[C@H](CO[C@@]1(C)O[C@H](COC(=O)OC(C)(C)C)[C@H](OC(=O)OC(C)(C)C)[C@H](OC(C)=O)[C@H]1OC(C)=O)NC(=O)CCCCCCCCCCCCCCC. The molecule has 0 bridgehead atoms. The smallest absolute Gasteiger partial charge is 0.454 e. The second-order valence-corrected chi connectivity index (χ2v) is 23.1. The molecule has 1 amide bonds. The molecule has 1 N–H and O–H groups in total. The number of esters is 3. The molecular weight excluding hydrogens is 999 g/mol. The van der Waals surface area contributed by atoms with Gasteiger partial charge in [0.25, 0.3) is 0 Å². The first-order chi connectivity index (χ1) is 37.1. The van der Waals surface area contributed by atoms with Gasteiger partial charge in [-0.2, -0.15) is 0 Å². The molecule has 1 saturated heterocycles. The van der Waals surface area contributed by atoms with Gasteiger partial charge in [-0.15, -0.1) is 0 Å². The average Bonchev–Trinajstić information content (AvgIpc) is 3.39. The summed E-state index contributed by atoms with van der Waals surface area (Å²) < 4.78 is 53.2. The second-order valence-electron chi connectivity index (χ2n) is 23.1. The number of hydrogen-bond donors (Lipinski definition) is 1. The van der Waals surface area contributed by atoms with Crippen LogP contribution in [-0.2, 0) is 57.0 Å². The van der Waals surface area contributed by atoms with Gasteiger partial charge in [-0.05, 0) is 85.9 Å². The number of rotatable bonds is 39. The topological polar surface area (TPSA) is 198 Å². The van der Waals surface area contributed by atoms with Gasteiger partial charge < -0.3 is 47.9 Å². The molecule has 0 aromatic heterocycles. The summed E-state index contributed by atoms with van der Waals surface area (Å²) in [6.07, 6.45) is 23.0. The lowest BCUT2D eigenvalue weighted by Gasteiger charge is -2.49. The van der Waals surface area contributed by atoms with Crippen molar-refractivity contribution in [3.63, 3.8) is 0 Å². The van der Waals surface area contributed by atoms with Gasteiger partial charge in [0.05, 0.1) is 18.2 Å². The molecule has 2 rings (SSSR count). The Kier molecular flexibility index (Phi) is 34.5.